The number of cyclic esters (lactones) is 1. The normalized spacial score (nSPS) is 33.2. The average Bonchev–Trinajstić information content (AvgIpc) is 2.57. The van der Waals surface area contributed by atoms with Gasteiger partial charge in [-0.25, -0.2) is 0 Å². The van der Waals surface area contributed by atoms with Crippen molar-refractivity contribution in [2.75, 3.05) is 6.61 Å². The first-order valence-electron chi connectivity index (χ1n) is 5.18. The molecule has 0 saturated carbocycles. The fourth-order valence-corrected chi connectivity index (χ4v) is 2.07. The molecule has 1 fully saturated rings. The highest BCUT2D eigenvalue weighted by Gasteiger charge is 2.58. The molecule has 0 amide bonds. The molecule has 0 spiro atoms. The first-order chi connectivity index (χ1) is 7.54. The van der Waals surface area contributed by atoms with Crippen molar-refractivity contribution in [1.29, 1.82) is 5.26 Å². The van der Waals surface area contributed by atoms with Crippen LogP contribution in [0, 0.1) is 16.7 Å². The van der Waals surface area contributed by atoms with E-state index in [0.29, 0.717) is 0 Å². The Kier molecular flexibility index (Phi) is 2.23. The van der Waals surface area contributed by atoms with Crippen LogP contribution < -0.4 is 0 Å². The average molecular weight is 215 g/mol. The molecular weight excluding hydrogens is 202 g/mol. The lowest BCUT2D eigenvalue weighted by atomic mass is 9.65. The lowest BCUT2D eigenvalue weighted by Crippen LogP contribution is -2.41. The highest BCUT2D eigenvalue weighted by Crippen LogP contribution is 2.47. The molecule has 1 aliphatic rings. The first-order valence-corrected chi connectivity index (χ1v) is 5.18. The van der Waals surface area contributed by atoms with E-state index in [2.05, 4.69) is 6.07 Å². The van der Waals surface area contributed by atoms with Gasteiger partial charge in [-0.2, -0.15) is 5.26 Å². The van der Waals surface area contributed by atoms with Gasteiger partial charge >= 0.3 is 5.97 Å². The van der Waals surface area contributed by atoms with E-state index in [1.807, 2.05) is 37.3 Å². The van der Waals surface area contributed by atoms with E-state index >= 15 is 0 Å². The van der Waals surface area contributed by atoms with E-state index in [-0.39, 0.29) is 6.61 Å². The van der Waals surface area contributed by atoms with Gasteiger partial charge in [0.25, 0.3) is 0 Å². The van der Waals surface area contributed by atoms with Crippen molar-refractivity contribution in [1.82, 2.24) is 0 Å². The maximum absolute atomic E-state index is 11.7. The molecule has 0 unspecified atom stereocenters. The van der Waals surface area contributed by atoms with Gasteiger partial charge in [0.15, 0.2) is 5.41 Å². The topological polar surface area (TPSA) is 50.1 Å². The number of benzene rings is 1. The van der Waals surface area contributed by atoms with Crippen LogP contribution in [-0.4, -0.2) is 12.6 Å². The molecule has 0 aromatic heterocycles. The highest BCUT2D eigenvalue weighted by molar-refractivity contribution is 5.84. The largest absolute Gasteiger partial charge is 0.463 e. The number of carbonyl (C=O) groups excluding carboxylic acids is 1. The molecule has 0 bridgehead atoms. The fraction of sp³-hybridized carbons (Fsp3) is 0.385. The molecule has 2 atom stereocenters. The molecule has 1 saturated heterocycles. The molecule has 0 radical (unpaired) electrons. The van der Waals surface area contributed by atoms with Crippen LogP contribution in [0.2, 0.25) is 0 Å². The Hall–Kier alpha value is -1.82. The number of hydrogen-bond donors (Lipinski definition) is 0. The number of rotatable bonds is 1. The third kappa shape index (κ3) is 1.16. The van der Waals surface area contributed by atoms with E-state index in [1.165, 1.54) is 0 Å². The van der Waals surface area contributed by atoms with Crippen LogP contribution in [0.1, 0.15) is 19.4 Å². The van der Waals surface area contributed by atoms with E-state index in [1.54, 1.807) is 6.92 Å². The van der Waals surface area contributed by atoms with Gasteiger partial charge in [0.2, 0.25) is 0 Å². The standard InChI is InChI=1S/C13H13NO2/c1-12(8-14)11(15)16-9-13(12,2)10-6-4-3-5-7-10/h3-7H,9H2,1-2H3/t12-,13+/m1/s1. The molecule has 1 aromatic rings. The number of esters is 1. The summed E-state index contributed by atoms with van der Waals surface area (Å²) in [6.45, 7) is 3.81. The summed E-state index contributed by atoms with van der Waals surface area (Å²) >= 11 is 0. The summed E-state index contributed by atoms with van der Waals surface area (Å²) in [6, 6.07) is 11.7. The summed E-state index contributed by atoms with van der Waals surface area (Å²) in [5, 5.41) is 9.24. The molecule has 1 heterocycles. The minimum absolute atomic E-state index is 0.264. The van der Waals surface area contributed by atoms with Crippen molar-refractivity contribution in [3.05, 3.63) is 35.9 Å². The molecule has 1 aliphatic heterocycles. The van der Waals surface area contributed by atoms with E-state index in [9.17, 15) is 10.1 Å². The number of carbonyl (C=O) groups is 1. The van der Waals surface area contributed by atoms with Gasteiger partial charge in [0.05, 0.1) is 11.5 Å². The zero-order valence-corrected chi connectivity index (χ0v) is 9.36. The van der Waals surface area contributed by atoms with Crippen molar-refractivity contribution < 1.29 is 9.53 Å². The van der Waals surface area contributed by atoms with Crippen molar-refractivity contribution >= 4 is 5.97 Å². The molecule has 3 heteroatoms. The fourth-order valence-electron chi connectivity index (χ4n) is 2.07. The van der Waals surface area contributed by atoms with Crippen LogP contribution in [0.3, 0.4) is 0 Å². The van der Waals surface area contributed by atoms with Crippen molar-refractivity contribution in [3.8, 4) is 6.07 Å². The van der Waals surface area contributed by atoms with Crippen LogP contribution in [0.25, 0.3) is 0 Å². The van der Waals surface area contributed by atoms with E-state index in [0.717, 1.165) is 5.56 Å². The monoisotopic (exact) mass is 215 g/mol. The number of nitriles is 1. The molecule has 0 aliphatic carbocycles. The van der Waals surface area contributed by atoms with Gasteiger partial charge in [-0.1, -0.05) is 37.3 Å². The zero-order chi connectivity index (χ0) is 11.8. The van der Waals surface area contributed by atoms with Crippen LogP contribution in [0.5, 0.6) is 0 Å². The van der Waals surface area contributed by atoms with Crippen LogP contribution >= 0.6 is 0 Å². The third-order valence-corrected chi connectivity index (χ3v) is 3.64. The summed E-state index contributed by atoms with van der Waals surface area (Å²) in [5.74, 6) is -0.429. The number of hydrogen-bond acceptors (Lipinski definition) is 3. The quantitative estimate of drug-likeness (QED) is 0.673. The SMILES string of the molecule is C[C@@]1(c2ccccc2)COC(=O)[C@@]1(C)C#N. The minimum Gasteiger partial charge on any atom is -0.463 e. The molecule has 16 heavy (non-hydrogen) atoms. The van der Waals surface area contributed by atoms with Crippen LogP contribution in [0.4, 0.5) is 0 Å². The maximum atomic E-state index is 11.7. The van der Waals surface area contributed by atoms with Crippen LogP contribution in [0.15, 0.2) is 30.3 Å². The summed E-state index contributed by atoms with van der Waals surface area (Å²) in [7, 11) is 0. The Balaban J connectivity index is 2.56. The Morgan fingerprint density at radius 3 is 2.50 bits per heavy atom. The third-order valence-electron chi connectivity index (χ3n) is 3.64. The smallest absolute Gasteiger partial charge is 0.327 e. The minimum atomic E-state index is -1.10. The van der Waals surface area contributed by atoms with Crippen LogP contribution in [-0.2, 0) is 14.9 Å². The van der Waals surface area contributed by atoms with Gasteiger partial charge in [-0.05, 0) is 12.5 Å². The summed E-state index contributed by atoms with van der Waals surface area (Å²) in [4.78, 5) is 11.7. The molecular formula is C13H13NO2. The first kappa shape index (κ1) is 10.7. The van der Waals surface area contributed by atoms with E-state index < -0.39 is 16.8 Å². The van der Waals surface area contributed by atoms with Gasteiger partial charge in [0, 0.05) is 0 Å². The zero-order valence-electron chi connectivity index (χ0n) is 9.36. The van der Waals surface area contributed by atoms with E-state index in [4.69, 9.17) is 4.74 Å². The Morgan fingerprint density at radius 1 is 1.31 bits per heavy atom. The van der Waals surface area contributed by atoms with Gasteiger partial charge in [-0.15, -0.1) is 0 Å². The second-order valence-electron chi connectivity index (χ2n) is 4.51. The summed E-state index contributed by atoms with van der Waals surface area (Å²) < 4.78 is 5.07. The Labute approximate surface area is 94.6 Å². The maximum Gasteiger partial charge on any atom is 0.327 e. The van der Waals surface area contributed by atoms with Crippen molar-refractivity contribution in [2.24, 2.45) is 5.41 Å². The predicted octanol–water partition coefficient (Wildman–Crippen LogP) is 2.03. The highest BCUT2D eigenvalue weighted by atomic mass is 16.5. The lowest BCUT2D eigenvalue weighted by molar-refractivity contribution is -0.143. The Bertz CT molecular complexity index is 463. The molecule has 82 valence electrons. The summed E-state index contributed by atoms with van der Waals surface area (Å²) in [6.07, 6.45) is 0. The van der Waals surface area contributed by atoms with Crippen molar-refractivity contribution in [3.63, 3.8) is 0 Å². The predicted molar refractivity (Wildman–Crippen MR) is 58.5 cm³/mol. The van der Waals surface area contributed by atoms with Gasteiger partial charge < -0.3 is 4.74 Å². The second-order valence-corrected chi connectivity index (χ2v) is 4.51. The summed E-state index contributed by atoms with van der Waals surface area (Å²) in [5.41, 5.74) is -0.709. The molecule has 2 rings (SSSR count). The second kappa shape index (κ2) is 3.34. The molecule has 3 nitrogen and oxygen atoms in total. The molecule has 1 aromatic carbocycles. The number of ether oxygens (including phenoxy) is 1. The van der Waals surface area contributed by atoms with Gasteiger partial charge in [-0.3, -0.25) is 4.79 Å². The van der Waals surface area contributed by atoms with Crippen molar-refractivity contribution in [2.45, 2.75) is 19.3 Å². The number of nitrogens with zero attached hydrogens (tertiary/aromatic N) is 1. The lowest BCUT2D eigenvalue weighted by Gasteiger charge is -2.31. The van der Waals surface area contributed by atoms with Gasteiger partial charge in [0.1, 0.15) is 6.61 Å². The Morgan fingerprint density at radius 2 is 1.94 bits per heavy atom. The molecule has 0 N–H and O–H groups in total.